The summed E-state index contributed by atoms with van der Waals surface area (Å²) in [6.45, 7) is 5.03. The number of rotatable bonds is 9. The molecule has 9 nitrogen and oxygen atoms in total. The van der Waals surface area contributed by atoms with E-state index in [9.17, 15) is 27.6 Å². The Kier molecular flexibility index (Phi) is 9.53. The number of aromatic nitrogens is 2. The van der Waals surface area contributed by atoms with Gasteiger partial charge in [0.25, 0.3) is 5.91 Å². The van der Waals surface area contributed by atoms with Crippen molar-refractivity contribution in [1.29, 1.82) is 0 Å². The molecule has 13 heteroatoms. The van der Waals surface area contributed by atoms with E-state index >= 15 is 0 Å². The molecule has 0 aliphatic rings. The van der Waals surface area contributed by atoms with Crippen LogP contribution in [0, 0.1) is 6.92 Å². The number of thiazole rings is 1. The van der Waals surface area contributed by atoms with E-state index in [1.54, 1.807) is 32.9 Å². The van der Waals surface area contributed by atoms with Crippen LogP contribution in [-0.2, 0) is 37.1 Å². The number of hydrogen-bond donors (Lipinski definition) is 1. The van der Waals surface area contributed by atoms with Crippen molar-refractivity contribution in [2.45, 2.75) is 52.1 Å². The highest BCUT2D eigenvalue weighted by Crippen LogP contribution is 2.27. The summed E-state index contributed by atoms with van der Waals surface area (Å²) in [4.78, 5) is 52.6. The van der Waals surface area contributed by atoms with Gasteiger partial charge in [0.2, 0.25) is 0 Å². The van der Waals surface area contributed by atoms with Gasteiger partial charge in [0, 0.05) is 18.2 Å². The highest BCUT2D eigenvalue weighted by Gasteiger charge is 2.43. The number of amides is 1. The van der Waals surface area contributed by atoms with Gasteiger partial charge in [-0.3, -0.25) is 9.78 Å². The lowest BCUT2D eigenvalue weighted by molar-refractivity contribution is -0.290. The minimum Gasteiger partial charge on any atom is -0.363 e. The number of aryl methyl sites for hydroxylation is 1. The van der Waals surface area contributed by atoms with Gasteiger partial charge in [-0.25, -0.2) is 24.3 Å². The SMILES string of the molecule is Cc1nc(-c2ccccc2)sc1C(=O)NCc1cc(CC(OC(C)C)C(=O)OOC(=O)C(F)(F)F)ccn1. The monoisotopic (exact) mass is 551 g/mol. The molecule has 1 atom stereocenters. The Balaban J connectivity index is 1.63. The molecule has 1 amide bonds. The van der Waals surface area contributed by atoms with Gasteiger partial charge in [0.15, 0.2) is 6.10 Å². The Morgan fingerprint density at radius 3 is 2.45 bits per heavy atom. The van der Waals surface area contributed by atoms with Gasteiger partial charge in [-0.15, -0.1) is 11.3 Å². The molecule has 0 aliphatic carbocycles. The summed E-state index contributed by atoms with van der Waals surface area (Å²) in [7, 11) is 0. The van der Waals surface area contributed by atoms with Crippen LogP contribution in [0.3, 0.4) is 0 Å². The second-order valence-electron chi connectivity index (χ2n) is 8.29. The van der Waals surface area contributed by atoms with Gasteiger partial charge in [0.1, 0.15) is 9.88 Å². The average molecular weight is 552 g/mol. The molecule has 2 heterocycles. The summed E-state index contributed by atoms with van der Waals surface area (Å²) in [6, 6.07) is 12.6. The van der Waals surface area contributed by atoms with Crippen LogP contribution in [0.25, 0.3) is 10.6 Å². The number of pyridine rings is 1. The van der Waals surface area contributed by atoms with Crippen molar-refractivity contribution >= 4 is 29.2 Å². The smallest absolute Gasteiger partial charge is 0.363 e. The van der Waals surface area contributed by atoms with Gasteiger partial charge in [-0.1, -0.05) is 30.3 Å². The number of carbonyl (C=O) groups is 3. The van der Waals surface area contributed by atoms with E-state index in [-0.39, 0.29) is 18.9 Å². The molecular formula is C25H24F3N3O6S. The molecule has 38 heavy (non-hydrogen) atoms. The second kappa shape index (κ2) is 12.6. The van der Waals surface area contributed by atoms with Crippen LogP contribution in [0.5, 0.6) is 0 Å². The van der Waals surface area contributed by atoms with Gasteiger partial charge in [-0.2, -0.15) is 13.2 Å². The average Bonchev–Trinajstić information content (AvgIpc) is 3.26. The highest BCUT2D eigenvalue weighted by molar-refractivity contribution is 7.17. The minimum atomic E-state index is -5.32. The topological polar surface area (TPSA) is 117 Å². The highest BCUT2D eigenvalue weighted by atomic mass is 32.1. The van der Waals surface area contributed by atoms with Crippen molar-refractivity contribution in [1.82, 2.24) is 15.3 Å². The first-order valence-electron chi connectivity index (χ1n) is 11.3. The number of halogens is 3. The fraction of sp³-hybridized carbons (Fsp3) is 0.320. The molecule has 1 aromatic carbocycles. The van der Waals surface area contributed by atoms with Crippen LogP contribution in [-0.4, -0.2) is 46.2 Å². The molecule has 1 N–H and O–H groups in total. The molecule has 3 rings (SSSR count). The number of carbonyl (C=O) groups excluding carboxylic acids is 3. The molecule has 0 aliphatic heterocycles. The van der Waals surface area contributed by atoms with Crippen LogP contribution >= 0.6 is 11.3 Å². The van der Waals surface area contributed by atoms with E-state index in [2.05, 4.69) is 25.1 Å². The molecule has 3 aromatic rings. The fourth-order valence-electron chi connectivity index (χ4n) is 3.22. The Morgan fingerprint density at radius 2 is 1.79 bits per heavy atom. The van der Waals surface area contributed by atoms with E-state index in [4.69, 9.17) is 4.74 Å². The van der Waals surface area contributed by atoms with Gasteiger partial charge in [-0.05, 0) is 38.5 Å². The van der Waals surface area contributed by atoms with Gasteiger partial charge < -0.3 is 10.1 Å². The van der Waals surface area contributed by atoms with E-state index in [0.717, 1.165) is 10.6 Å². The predicted octanol–water partition coefficient (Wildman–Crippen LogP) is 4.34. The van der Waals surface area contributed by atoms with Crippen molar-refractivity contribution in [2.24, 2.45) is 0 Å². The third-order valence-electron chi connectivity index (χ3n) is 4.89. The zero-order chi connectivity index (χ0) is 27.9. The Labute approximate surface area is 219 Å². The molecule has 0 fully saturated rings. The van der Waals surface area contributed by atoms with Gasteiger partial charge >= 0.3 is 18.1 Å². The maximum atomic E-state index is 12.8. The lowest BCUT2D eigenvalue weighted by Crippen LogP contribution is -2.34. The Bertz CT molecular complexity index is 1280. The predicted molar refractivity (Wildman–Crippen MR) is 130 cm³/mol. The summed E-state index contributed by atoms with van der Waals surface area (Å²) in [5, 5.41) is 3.51. The molecule has 0 radical (unpaired) electrons. The fourth-order valence-corrected chi connectivity index (χ4v) is 4.21. The quantitative estimate of drug-likeness (QED) is 0.308. The molecule has 202 valence electrons. The van der Waals surface area contributed by atoms with Crippen molar-refractivity contribution in [3.8, 4) is 10.6 Å². The Morgan fingerprint density at radius 1 is 1.08 bits per heavy atom. The van der Waals surface area contributed by atoms with Gasteiger partial charge in [0.05, 0.1) is 24.0 Å². The molecule has 0 bridgehead atoms. The first-order valence-corrected chi connectivity index (χ1v) is 12.2. The lowest BCUT2D eigenvalue weighted by Gasteiger charge is -2.18. The van der Waals surface area contributed by atoms with Crippen LogP contribution < -0.4 is 5.32 Å². The van der Waals surface area contributed by atoms with Crippen LogP contribution in [0.15, 0.2) is 48.7 Å². The number of benzene rings is 1. The van der Waals surface area contributed by atoms with Crippen LogP contribution in [0.1, 0.15) is 40.5 Å². The zero-order valence-corrected chi connectivity index (χ0v) is 21.4. The third kappa shape index (κ3) is 8.08. The first-order chi connectivity index (χ1) is 17.9. The zero-order valence-electron chi connectivity index (χ0n) is 20.6. The molecular weight excluding hydrogens is 527 g/mol. The molecule has 1 unspecified atom stereocenters. The number of nitrogens with zero attached hydrogens (tertiary/aromatic N) is 2. The van der Waals surface area contributed by atoms with Crippen LogP contribution in [0.2, 0.25) is 0 Å². The number of alkyl halides is 3. The molecule has 0 saturated carbocycles. The van der Waals surface area contributed by atoms with Crippen molar-refractivity contribution < 1.29 is 42.1 Å². The number of nitrogens with one attached hydrogen (secondary N) is 1. The summed E-state index contributed by atoms with van der Waals surface area (Å²) in [6.07, 6.45) is -5.84. The van der Waals surface area contributed by atoms with Crippen LogP contribution in [0.4, 0.5) is 13.2 Å². The second-order valence-corrected chi connectivity index (χ2v) is 9.29. The van der Waals surface area contributed by atoms with E-state index in [1.807, 2.05) is 30.3 Å². The Hall–Kier alpha value is -3.84. The third-order valence-corrected chi connectivity index (χ3v) is 6.09. The largest absolute Gasteiger partial charge is 0.495 e. The maximum Gasteiger partial charge on any atom is 0.495 e. The standard InChI is InChI=1S/C25H24F3N3O6S/c1-14(2)35-19(23(33)36-37-24(34)25(26,27)28)12-16-9-10-29-18(11-16)13-30-21(32)20-15(3)31-22(38-20)17-7-5-4-6-8-17/h4-11,14,19H,12-13H2,1-3H3,(H,30,32). The van der Waals surface area contributed by atoms with Crippen molar-refractivity contribution in [2.75, 3.05) is 0 Å². The van der Waals surface area contributed by atoms with Crippen molar-refractivity contribution in [3.05, 3.63) is 70.5 Å². The summed E-state index contributed by atoms with van der Waals surface area (Å²) < 4.78 is 42.4. The maximum absolute atomic E-state index is 12.8. The van der Waals surface area contributed by atoms with E-state index in [1.165, 1.54) is 17.5 Å². The number of ether oxygens (including phenoxy) is 1. The molecule has 2 aromatic heterocycles. The lowest BCUT2D eigenvalue weighted by atomic mass is 10.1. The summed E-state index contributed by atoms with van der Waals surface area (Å²) in [5.74, 6) is -4.30. The van der Waals surface area contributed by atoms with Crippen molar-refractivity contribution in [3.63, 3.8) is 0 Å². The minimum absolute atomic E-state index is 0.0635. The van der Waals surface area contributed by atoms with E-state index < -0.39 is 30.3 Å². The molecule has 0 saturated heterocycles. The molecule has 0 spiro atoms. The first kappa shape index (κ1) is 28.7. The normalized spacial score (nSPS) is 12.2. The summed E-state index contributed by atoms with van der Waals surface area (Å²) in [5.41, 5.74) is 2.47. The number of hydrogen-bond acceptors (Lipinski definition) is 9. The van der Waals surface area contributed by atoms with E-state index in [0.29, 0.717) is 21.8 Å². The summed E-state index contributed by atoms with van der Waals surface area (Å²) >= 11 is 1.27.